The van der Waals surface area contributed by atoms with Gasteiger partial charge in [0, 0.05) is 19.3 Å². The molecule has 0 aliphatic carbocycles. The molecule has 2 N–H and O–H groups in total. The van der Waals surface area contributed by atoms with E-state index in [2.05, 4.69) is 15.6 Å². The molecule has 1 aliphatic heterocycles. The summed E-state index contributed by atoms with van der Waals surface area (Å²) in [5, 5.41) is 5.57. The molecule has 1 heterocycles. The highest BCUT2D eigenvalue weighted by Crippen LogP contribution is 2.32. The van der Waals surface area contributed by atoms with Gasteiger partial charge in [0.1, 0.15) is 11.9 Å². The fraction of sp³-hybridized carbons (Fsp3) is 0.333. The van der Waals surface area contributed by atoms with Crippen molar-refractivity contribution >= 4 is 17.6 Å². The average molecular weight is 438 g/mol. The first kappa shape index (κ1) is 22.5. The number of nitrogens with zero attached hydrogens (tertiary/aromatic N) is 2. The molecule has 1 amide bonds. The predicted octanol–water partition coefficient (Wildman–Crippen LogP) is 3.43. The third kappa shape index (κ3) is 6.17. The number of aliphatic imine (C=N–C) groups is 1. The van der Waals surface area contributed by atoms with Crippen LogP contribution in [0.3, 0.4) is 0 Å². The minimum absolute atomic E-state index is 0.0877. The molecule has 31 heavy (non-hydrogen) atoms. The maximum absolute atomic E-state index is 13.0. The molecule has 0 saturated carbocycles. The van der Waals surface area contributed by atoms with Gasteiger partial charge in [0.05, 0.1) is 25.3 Å². The lowest BCUT2D eigenvalue weighted by Gasteiger charge is -2.35. The number of amides is 1. The predicted molar refractivity (Wildman–Crippen MR) is 108 cm³/mol. The molecule has 1 saturated heterocycles. The number of morpholine rings is 1. The zero-order chi connectivity index (χ0) is 22.4. The molecule has 10 heteroatoms. The highest BCUT2D eigenvalue weighted by atomic mass is 19.4. The molecule has 1 atom stereocenters. The number of guanidine groups is 1. The van der Waals surface area contributed by atoms with Gasteiger partial charge in [0.15, 0.2) is 5.96 Å². The van der Waals surface area contributed by atoms with Gasteiger partial charge in [0.25, 0.3) is 0 Å². The van der Waals surface area contributed by atoms with E-state index in [0.717, 1.165) is 12.1 Å². The summed E-state index contributed by atoms with van der Waals surface area (Å²) in [7, 11) is 1.55. The number of nitrogens with one attached hydrogen (secondary N) is 2. The summed E-state index contributed by atoms with van der Waals surface area (Å²) in [5.74, 6) is -0.329. The van der Waals surface area contributed by atoms with Gasteiger partial charge in [0.2, 0.25) is 5.91 Å². The molecule has 1 aliphatic rings. The highest BCUT2D eigenvalue weighted by Gasteiger charge is 2.32. The van der Waals surface area contributed by atoms with E-state index in [4.69, 9.17) is 4.74 Å². The van der Waals surface area contributed by atoms with Crippen LogP contribution in [0.15, 0.2) is 53.5 Å². The van der Waals surface area contributed by atoms with Crippen LogP contribution in [0, 0.1) is 5.82 Å². The number of rotatable bonds is 4. The molecule has 1 unspecified atom stereocenters. The molecule has 0 aromatic heterocycles. The Morgan fingerprint density at radius 2 is 1.97 bits per heavy atom. The summed E-state index contributed by atoms with van der Waals surface area (Å²) in [5.41, 5.74) is 0.147. The number of benzene rings is 2. The Bertz CT molecular complexity index is 932. The van der Waals surface area contributed by atoms with Gasteiger partial charge < -0.3 is 20.3 Å². The summed E-state index contributed by atoms with van der Waals surface area (Å²) in [6, 6.07) is 10.4. The van der Waals surface area contributed by atoms with Crippen molar-refractivity contribution < 1.29 is 27.1 Å². The van der Waals surface area contributed by atoms with Crippen molar-refractivity contribution in [3.63, 3.8) is 0 Å². The standard InChI is InChI=1S/C21H22F4N4O2/c1-26-20(27-12-19(30)28-17-7-5-16(22)6-8-17)29-9-10-31-18(13-29)14-3-2-4-15(11-14)21(23,24)25/h2-8,11,18H,9-10,12-13H2,1H3,(H,26,27)(H,28,30). The average Bonchev–Trinajstić information content (AvgIpc) is 2.75. The smallest absolute Gasteiger partial charge is 0.370 e. The van der Waals surface area contributed by atoms with Gasteiger partial charge >= 0.3 is 6.18 Å². The van der Waals surface area contributed by atoms with Crippen molar-refractivity contribution in [1.29, 1.82) is 0 Å². The number of halogens is 4. The third-order valence-corrected chi connectivity index (χ3v) is 4.70. The number of hydrogen-bond donors (Lipinski definition) is 2. The molecule has 2 aromatic carbocycles. The van der Waals surface area contributed by atoms with Gasteiger partial charge in [-0.2, -0.15) is 13.2 Å². The van der Waals surface area contributed by atoms with Crippen molar-refractivity contribution in [2.24, 2.45) is 4.99 Å². The molecular formula is C21H22F4N4O2. The van der Waals surface area contributed by atoms with Crippen molar-refractivity contribution in [2.75, 3.05) is 38.6 Å². The van der Waals surface area contributed by atoms with Crippen molar-refractivity contribution in [3.8, 4) is 0 Å². The number of hydrogen-bond acceptors (Lipinski definition) is 3. The number of ether oxygens (including phenoxy) is 1. The SMILES string of the molecule is CN=C(NCC(=O)Nc1ccc(F)cc1)N1CCOC(c2cccc(C(F)(F)F)c2)C1. The lowest BCUT2D eigenvalue weighted by molar-refractivity contribution is -0.137. The summed E-state index contributed by atoms with van der Waals surface area (Å²) in [6.07, 6.45) is -5.00. The minimum atomic E-state index is -4.43. The fourth-order valence-electron chi connectivity index (χ4n) is 3.19. The van der Waals surface area contributed by atoms with Crippen molar-refractivity contribution in [3.05, 3.63) is 65.5 Å². The molecule has 3 rings (SSSR count). The zero-order valence-corrected chi connectivity index (χ0v) is 16.7. The maximum Gasteiger partial charge on any atom is 0.416 e. The Morgan fingerprint density at radius 3 is 2.65 bits per heavy atom. The summed E-state index contributed by atoms with van der Waals surface area (Å²) in [6.45, 7) is 0.953. The summed E-state index contributed by atoms with van der Waals surface area (Å²) >= 11 is 0. The molecule has 0 radical (unpaired) electrons. The second kappa shape index (κ2) is 9.78. The van der Waals surface area contributed by atoms with E-state index >= 15 is 0 Å². The zero-order valence-electron chi connectivity index (χ0n) is 16.7. The van der Waals surface area contributed by atoms with Gasteiger partial charge in [-0.3, -0.25) is 9.79 Å². The maximum atomic E-state index is 13.0. The van der Waals surface area contributed by atoms with Crippen LogP contribution < -0.4 is 10.6 Å². The molecule has 0 bridgehead atoms. The molecule has 2 aromatic rings. The minimum Gasteiger partial charge on any atom is -0.370 e. The molecule has 0 spiro atoms. The third-order valence-electron chi connectivity index (χ3n) is 4.70. The van der Waals surface area contributed by atoms with E-state index in [1.54, 1.807) is 13.1 Å². The molecule has 166 valence electrons. The number of carbonyl (C=O) groups is 1. The van der Waals surface area contributed by atoms with Crippen LogP contribution in [0.25, 0.3) is 0 Å². The van der Waals surface area contributed by atoms with Crippen LogP contribution in [0.2, 0.25) is 0 Å². The van der Waals surface area contributed by atoms with E-state index in [1.807, 2.05) is 4.90 Å². The van der Waals surface area contributed by atoms with Crippen molar-refractivity contribution in [1.82, 2.24) is 10.2 Å². The van der Waals surface area contributed by atoms with Crippen LogP contribution in [0.1, 0.15) is 17.2 Å². The Hall–Kier alpha value is -3.14. The molecule has 1 fully saturated rings. The normalized spacial score (nSPS) is 17.4. The number of carbonyl (C=O) groups excluding carboxylic acids is 1. The van der Waals surface area contributed by atoms with Gasteiger partial charge in [-0.1, -0.05) is 12.1 Å². The van der Waals surface area contributed by atoms with Gasteiger partial charge in [-0.05, 0) is 42.0 Å². The first-order valence-corrected chi connectivity index (χ1v) is 9.56. The number of anilines is 1. The topological polar surface area (TPSA) is 66.0 Å². The van der Waals surface area contributed by atoms with E-state index in [9.17, 15) is 22.4 Å². The van der Waals surface area contributed by atoms with Gasteiger partial charge in [-0.15, -0.1) is 0 Å². The van der Waals surface area contributed by atoms with Crippen LogP contribution in [-0.4, -0.2) is 50.1 Å². The summed E-state index contributed by atoms with van der Waals surface area (Å²) in [4.78, 5) is 18.1. The first-order valence-electron chi connectivity index (χ1n) is 9.56. The lowest BCUT2D eigenvalue weighted by atomic mass is 10.0. The lowest BCUT2D eigenvalue weighted by Crippen LogP contribution is -2.49. The quantitative estimate of drug-likeness (QED) is 0.436. The van der Waals surface area contributed by atoms with Crippen LogP contribution in [-0.2, 0) is 15.7 Å². The van der Waals surface area contributed by atoms with E-state index in [1.165, 1.54) is 30.3 Å². The monoisotopic (exact) mass is 438 g/mol. The number of alkyl halides is 3. The van der Waals surface area contributed by atoms with Crippen LogP contribution >= 0.6 is 0 Å². The fourth-order valence-corrected chi connectivity index (χ4v) is 3.19. The Labute approximate surface area is 176 Å². The molecular weight excluding hydrogens is 416 g/mol. The van der Waals surface area contributed by atoms with Crippen LogP contribution in [0.5, 0.6) is 0 Å². The largest absolute Gasteiger partial charge is 0.416 e. The second-order valence-corrected chi connectivity index (χ2v) is 6.88. The second-order valence-electron chi connectivity index (χ2n) is 6.88. The van der Waals surface area contributed by atoms with E-state index < -0.39 is 23.7 Å². The Morgan fingerprint density at radius 1 is 1.23 bits per heavy atom. The van der Waals surface area contributed by atoms with E-state index in [0.29, 0.717) is 30.4 Å². The molecule has 6 nitrogen and oxygen atoms in total. The first-order chi connectivity index (χ1) is 14.8. The Kier molecular flexibility index (Phi) is 7.11. The van der Waals surface area contributed by atoms with E-state index in [-0.39, 0.29) is 19.0 Å². The van der Waals surface area contributed by atoms with Crippen molar-refractivity contribution in [2.45, 2.75) is 12.3 Å². The Balaban J connectivity index is 1.59. The van der Waals surface area contributed by atoms with Gasteiger partial charge in [-0.25, -0.2) is 4.39 Å². The highest BCUT2D eigenvalue weighted by molar-refractivity contribution is 5.95. The summed E-state index contributed by atoms with van der Waals surface area (Å²) < 4.78 is 57.7. The van der Waals surface area contributed by atoms with Crippen LogP contribution in [0.4, 0.5) is 23.2 Å².